The summed E-state index contributed by atoms with van der Waals surface area (Å²) < 4.78 is 18.3. The Bertz CT molecular complexity index is 796. The second-order valence-corrected chi connectivity index (χ2v) is 6.44. The molecule has 2 aromatic carbocycles. The molecule has 0 saturated carbocycles. The minimum absolute atomic E-state index is 0.0577. The fourth-order valence-corrected chi connectivity index (χ4v) is 2.70. The van der Waals surface area contributed by atoms with E-state index >= 15 is 0 Å². The van der Waals surface area contributed by atoms with Crippen molar-refractivity contribution in [1.82, 2.24) is 4.90 Å². The van der Waals surface area contributed by atoms with Gasteiger partial charge in [-0.2, -0.15) is 0 Å². The largest absolute Gasteiger partial charge is 0.497 e. The maximum absolute atomic E-state index is 13.2. The lowest BCUT2D eigenvalue weighted by molar-refractivity contribution is -0.129. The van der Waals surface area contributed by atoms with Gasteiger partial charge in [-0.15, -0.1) is 0 Å². The average molecular weight is 393 g/mol. The number of methoxy groups -OCH3 is 1. The molecule has 0 unspecified atom stereocenters. The van der Waals surface area contributed by atoms with Gasteiger partial charge in [0.05, 0.1) is 12.1 Å². The molecule has 0 spiro atoms. The van der Waals surface area contributed by atoms with Gasteiger partial charge in [-0.1, -0.05) is 23.7 Å². The van der Waals surface area contributed by atoms with Crippen LogP contribution in [-0.4, -0.2) is 36.9 Å². The maximum Gasteiger partial charge on any atom is 0.226 e. The summed E-state index contributed by atoms with van der Waals surface area (Å²) >= 11 is 5.70. The molecule has 0 aliphatic heterocycles. The van der Waals surface area contributed by atoms with Crippen LogP contribution in [0.25, 0.3) is 0 Å². The predicted molar refractivity (Wildman–Crippen MR) is 104 cm³/mol. The van der Waals surface area contributed by atoms with Crippen molar-refractivity contribution in [1.29, 1.82) is 0 Å². The molecule has 2 aromatic rings. The van der Waals surface area contributed by atoms with Crippen LogP contribution >= 0.6 is 11.6 Å². The first-order chi connectivity index (χ1) is 12.9. The number of amides is 2. The van der Waals surface area contributed by atoms with Gasteiger partial charge in [0.15, 0.2) is 0 Å². The van der Waals surface area contributed by atoms with E-state index in [1.165, 1.54) is 25.1 Å². The van der Waals surface area contributed by atoms with Gasteiger partial charge in [-0.05, 0) is 42.3 Å². The van der Waals surface area contributed by atoms with Crippen molar-refractivity contribution in [2.75, 3.05) is 25.5 Å². The molecule has 0 saturated heterocycles. The first-order valence-corrected chi connectivity index (χ1v) is 8.90. The number of benzene rings is 2. The summed E-state index contributed by atoms with van der Waals surface area (Å²) in [5, 5.41) is 2.59. The third-order valence-corrected chi connectivity index (χ3v) is 4.38. The van der Waals surface area contributed by atoms with E-state index < -0.39 is 5.82 Å². The normalized spacial score (nSPS) is 10.4. The van der Waals surface area contributed by atoms with Gasteiger partial charge in [0.1, 0.15) is 11.6 Å². The standard InChI is InChI=1S/C20H22ClFN2O3/c1-14(25)24(11-9-15-3-6-17(27-2)7-4-15)12-10-20(26)23-16-5-8-19(22)18(21)13-16/h3-8,13H,9-12H2,1-2H3,(H,23,26). The number of halogens is 2. The molecular weight excluding hydrogens is 371 g/mol. The lowest BCUT2D eigenvalue weighted by Crippen LogP contribution is -2.33. The van der Waals surface area contributed by atoms with Crippen molar-refractivity contribution in [3.63, 3.8) is 0 Å². The van der Waals surface area contributed by atoms with Gasteiger partial charge in [0.25, 0.3) is 0 Å². The maximum atomic E-state index is 13.2. The van der Waals surface area contributed by atoms with Crippen molar-refractivity contribution < 1.29 is 18.7 Å². The summed E-state index contributed by atoms with van der Waals surface area (Å²) in [6.07, 6.45) is 0.815. The van der Waals surface area contributed by atoms with Crippen molar-refractivity contribution >= 4 is 29.1 Å². The van der Waals surface area contributed by atoms with Gasteiger partial charge in [0, 0.05) is 32.1 Å². The highest BCUT2D eigenvalue weighted by molar-refractivity contribution is 6.31. The predicted octanol–water partition coefficient (Wildman–Crippen LogP) is 3.91. The van der Waals surface area contributed by atoms with Crippen LogP contribution in [0.4, 0.5) is 10.1 Å². The van der Waals surface area contributed by atoms with Crippen LogP contribution < -0.4 is 10.1 Å². The number of carbonyl (C=O) groups excluding carboxylic acids is 2. The van der Waals surface area contributed by atoms with Crippen LogP contribution in [0.3, 0.4) is 0 Å². The molecule has 0 aliphatic rings. The van der Waals surface area contributed by atoms with Crippen LogP contribution in [0.15, 0.2) is 42.5 Å². The van der Waals surface area contributed by atoms with E-state index in [1.807, 2.05) is 24.3 Å². The summed E-state index contributed by atoms with van der Waals surface area (Å²) in [5.41, 5.74) is 1.49. The fourth-order valence-electron chi connectivity index (χ4n) is 2.52. The topological polar surface area (TPSA) is 58.6 Å². The lowest BCUT2D eigenvalue weighted by atomic mass is 10.1. The summed E-state index contributed by atoms with van der Waals surface area (Å²) in [7, 11) is 1.61. The van der Waals surface area contributed by atoms with Crippen LogP contribution in [-0.2, 0) is 16.0 Å². The number of nitrogens with one attached hydrogen (secondary N) is 1. The van der Waals surface area contributed by atoms with Crippen molar-refractivity contribution in [2.24, 2.45) is 0 Å². The molecular formula is C20H22ClFN2O3. The van der Waals surface area contributed by atoms with E-state index in [0.29, 0.717) is 25.2 Å². The zero-order chi connectivity index (χ0) is 19.8. The molecule has 2 rings (SSSR count). The molecule has 7 heteroatoms. The van der Waals surface area contributed by atoms with Crippen LogP contribution in [0.2, 0.25) is 5.02 Å². The molecule has 0 aromatic heterocycles. The fraction of sp³-hybridized carbons (Fsp3) is 0.300. The molecule has 0 radical (unpaired) electrons. The quantitative estimate of drug-likeness (QED) is 0.741. The smallest absolute Gasteiger partial charge is 0.226 e. The van der Waals surface area contributed by atoms with Gasteiger partial charge in [-0.25, -0.2) is 4.39 Å². The van der Waals surface area contributed by atoms with E-state index in [9.17, 15) is 14.0 Å². The van der Waals surface area contributed by atoms with Crippen LogP contribution in [0, 0.1) is 5.82 Å². The highest BCUT2D eigenvalue weighted by Crippen LogP contribution is 2.19. The zero-order valence-electron chi connectivity index (χ0n) is 15.3. The highest BCUT2D eigenvalue weighted by Gasteiger charge is 2.12. The molecule has 0 heterocycles. The number of ether oxygens (including phenoxy) is 1. The first-order valence-electron chi connectivity index (χ1n) is 8.52. The Kier molecular flexibility index (Phi) is 7.61. The van der Waals surface area contributed by atoms with E-state index in [-0.39, 0.29) is 23.3 Å². The third-order valence-electron chi connectivity index (χ3n) is 4.09. The Morgan fingerprint density at radius 3 is 2.44 bits per heavy atom. The Morgan fingerprint density at radius 1 is 1.15 bits per heavy atom. The Hall–Kier alpha value is -2.60. The molecule has 144 valence electrons. The summed E-state index contributed by atoms with van der Waals surface area (Å²) in [6.45, 7) is 2.29. The molecule has 0 fully saturated rings. The third kappa shape index (κ3) is 6.57. The van der Waals surface area contributed by atoms with Crippen LogP contribution in [0.5, 0.6) is 5.75 Å². The Morgan fingerprint density at radius 2 is 1.85 bits per heavy atom. The Labute approximate surface area is 163 Å². The number of nitrogens with zero attached hydrogens (tertiary/aromatic N) is 1. The average Bonchev–Trinajstić information content (AvgIpc) is 2.65. The molecule has 27 heavy (non-hydrogen) atoms. The molecule has 5 nitrogen and oxygen atoms in total. The molecule has 0 atom stereocenters. The molecule has 1 N–H and O–H groups in total. The van der Waals surface area contributed by atoms with Gasteiger partial charge >= 0.3 is 0 Å². The van der Waals surface area contributed by atoms with Crippen molar-refractivity contribution in [3.05, 3.63) is 58.9 Å². The second kappa shape index (κ2) is 9.92. The van der Waals surface area contributed by atoms with E-state index in [0.717, 1.165) is 11.3 Å². The molecule has 2 amide bonds. The lowest BCUT2D eigenvalue weighted by Gasteiger charge is -2.21. The monoisotopic (exact) mass is 392 g/mol. The zero-order valence-corrected chi connectivity index (χ0v) is 16.1. The van der Waals surface area contributed by atoms with Gasteiger partial charge in [0.2, 0.25) is 11.8 Å². The van der Waals surface area contributed by atoms with E-state index in [1.54, 1.807) is 12.0 Å². The van der Waals surface area contributed by atoms with E-state index in [2.05, 4.69) is 5.32 Å². The SMILES string of the molecule is COc1ccc(CCN(CCC(=O)Nc2ccc(F)c(Cl)c2)C(C)=O)cc1. The van der Waals surface area contributed by atoms with Crippen molar-refractivity contribution in [2.45, 2.75) is 19.8 Å². The summed E-state index contributed by atoms with van der Waals surface area (Å²) in [5.74, 6) is -0.134. The molecule has 0 bridgehead atoms. The number of rotatable bonds is 8. The minimum Gasteiger partial charge on any atom is -0.497 e. The highest BCUT2D eigenvalue weighted by atomic mass is 35.5. The van der Waals surface area contributed by atoms with Gasteiger partial charge in [-0.3, -0.25) is 9.59 Å². The number of anilines is 1. The van der Waals surface area contributed by atoms with Crippen LogP contribution in [0.1, 0.15) is 18.9 Å². The van der Waals surface area contributed by atoms with E-state index in [4.69, 9.17) is 16.3 Å². The minimum atomic E-state index is -0.545. The number of hydrogen-bond donors (Lipinski definition) is 1. The van der Waals surface area contributed by atoms with Crippen molar-refractivity contribution in [3.8, 4) is 5.75 Å². The Balaban J connectivity index is 1.84. The summed E-state index contributed by atoms with van der Waals surface area (Å²) in [6, 6.07) is 11.6. The first kappa shape index (κ1) is 20.7. The summed E-state index contributed by atoms with van der Waals surface area (Å²) in [4.78, 5) is 25.5. The number of hydrogen-bond acceptors (Lipinski definition) is 3. The number of carbonyl (C=O) groups is 2. The second-order valence-electron chi connectivity index (χ2n) is 6.03. The van der Waals surface area contributed by atoms with Gasteiger partial charge < -0.3 is 15.0 Å². The molecule has 0 aliphatic carbocycles.